The van der Waals surface area contributed by atoms with Crippen molar-refractivity contribution in [3.63, 3.8) is 0 Å². The van der Waals surface area contributed by atoms with Crippen LogP contribution in [0.15, 0.2) is 41.4 Å². The number of piperidine rings is 1. The lowest BCUT2D eigenvalue weighted by Crippen LogP contribution is -2.49. The average molecular weight is 488 g/mol. The molecular formula is C23H26ClN5O3S. The van der Waals surface area contributed by atoms with Crippen LogP contribution in [0.4, 0.5) is 5.82 Å². The second-order valence-electron chi connectivity index (χ2n) is 8.52. The number of pyridine rings is 1. The van der Waals surface area contributed by atoms with E-state index in [0.717, 1.165) is 12.8 Å². The number of nitriles is 1. The first-order valence-corrected chi connectivity index (χ1v) is 12.8. The van der Waals surface area contributed by atoms with E-state index in [-0.39, 0.29) is 21.7 Å². The predicted octanol–water partition coefficient (Wildman–Crippen LogP) is 2.99. The molecule has 2 fully saturated rings. The Bertz CT molecular complexity index is 1190. The van der Waals surface area contributed by atoms with E-state index < -0.39 is 10.0 Å². The van der Waals surface area contributed by atoms with E-state index in [1.165, 1.54) is 16.4 Å². The molecule has 2 aromatic rings. The van der Waals surface area contributed by atoms with Gasteiger partial charge >= 0.3 is 0 Å². The van der Waals surface area contributed by atoms with Crippen LogP contribution in [-0.2, 0) is 10.0 Å². The third-order valence-corrected chi connectivity index (χ3v) is 8.54. The van der Waals surface area contributed by atoms with Crippen LogP contribution in [0, 0.1) is 17.2 Å². The number of nitrogens with zero attached hydrogens (tertiary/aromatic N) is 5. The molecule has 1 aromatic carbocycles. The average Bonchev–Trinajstić information content (AvgIpc) is 2.84. The van der Waals surface area contributed by atoms with Gasteiger partial charge in [0.2, 0.25) is 10.0 Å². The Labute approximate surface area is 199 Å². The number of hydrogen-bond donors (Lipinski definition) is 0. The number of carbonyl (C=O) groups is 1. The number of aromatic nitrogens is 1. The second-order valence-corrected chi connectivity index (χ2v) is 10.8. The third-order valence-electron chi connectivity index (χ3n) is 6.19. The van der Waals surface area contributed by atoms with Crippen molar-refractivity contribution < 1.29 is 13.2 Å². The Morgan fingerprint density at radius 1 is 1.18 bits per heavy atom. The van der Waals surface area contributed by atoms with Gasteiger partial charge in [0.15, 0.2) is 0 Å². The van der Waals surface area contributed by atoms with Gasteiger partial charge in [-0.1, -0.05) is 18.5 Å². The van der Waals surface area contributed by atoms with Crippen molar-refractivity contribution in [2.45, 2.75) is 24.7 Å². The molecule has 3 heterocycles. The molecule has 1 amide bonds. The Balaban J connectivity index is 1.50. The summed E-state index contributed by atoms with van der Waals surface area (Å²) in [6, 6.07) is 10.0. The molecule has 10 heteroatoms. The first-order valence-electron chi connectivity index (χ1n) is 11.0. The molecule has 0 spiro atoms. The lowest BCUT2D eigenvalue weighted by atomic mass is 10.0. The summed E-state index contributed by atoms with van der Waals surface area (Å²) in [5.74, 6) is 0.660. The van der Waals surface area contributed by atoms with Crippen LogP contribution < -0.4 is 4.90 Å². The normalized spacial score (nSPS) is 19.8. The fourth-order valence-electron chi connectivity index (χ4n) is 4.38. The Kier molecular flexibility index (Phi) is 6.88. The SMILES string of the molecule is CC1CCCN(S(=O)(=O)c2cc(C(=O)N3CCN(c4ncccc4C#N)CC3)ccc2Cl)C1. The first kappa shape index (κ1) is 23.5. The lowest BCUT2D eigenvalue weighted by molar-refractivity contribution is 0.0746. The molecule has 4 rings (SSSR count). The molecule has 1 atom stereocenters. The van der Waals surface area contributed by atoms with Crippen molar-refractivity contribution >= 4 is 33.3 Å². The highest BCUT2D eigenvalue weighted by Crippen LogP contribution is 2.29. The first-order chi connectivity index (χ1) is 15.8. The van der Waals surface area contributed by atoms with Crippen molar-refractivity contribution in [3.8, 4) is 6.07 Å². The standard InChI is InChI=1S/C23H26ClN5O3S/c1-17-4-3-9-29(16-17)33(31,32)21-14-18(6-7-20(21)24)23(30)28-12-10-27(11-13-28)22-19(15-25)5-2-8-26-22/h2,5-8,14,17H,3-4,9-13,16H2,1H3. The van der Waals surface area contributed by atoms with Gasteiger partial charge in [-0.2, -0.15) is 9.57 Å². The van der Waals surface area contributed by atoms with Gasteiger partial charge < -0.3 is 9.80 Å². The molecular weight excluding hydrogens is 462 g/mol. The van der Waals surface area contributed by atoms with Crippen LogP contribution in [0.1, 0.15) is 35.7 Å². The van der Waals surface area contributed by atoms with Gasteiger partial charge in [-0.25, -0.2) is 13.4 Å². The molecule has 8 nitrogen and oxygen atoms in total. The van der Waals surface area contributed by atoms with Gasteiger partial charge in [0.25, 0.3) is 5.91 Å². The molecule has 0 N–H and O–H groups in total. The Morgan fingerprint density at radius 3 is 2.64 bits per heavy atom. The highest BCUT2D eigenvalue weighted by Gasteiger charge is 2.32. The molecule has 0 saturated carbocycles. The zero-order valence-electron chi connectivity index (χ0n) is 18.4. The minimum absolute atomic E-state index is 0.0186. The zero-order valence-corrected chi connectivity index (χ0v) is 20.0. The van der Waals surface area contributed by atoms with Crippen molar-refractivity contribution in [2.24, 2.45) is 5.92 Å². The van der Waals surface area contributed by atoms with Gasteiger partial charge in [0.05, 0.1) is 10.6 Å². The smallest absolute Gasteiger partial charge is 0.254 e. The van der Waals surface area contributed by atoms with E-state index in [1.54, 1.807) is 29.3 Å². The number of amides is 1. The summed E-state index contributed by atoms with van der Waals surface area (Å²) >= 11 is 6.27. The fraction of sp³-hybridized carbons (Fsp3) is 0.435. The maximum Gasteiger partial charge on any atom is 0.254 e. The van der Waals surface area contributed by atoms with E-state index in [4.69, 9.17) is 11.6 Å². The molecule has 2 aliphatic rings. The molecule has 2 saturated heterocycles. The zero-order chi connectivity index (χ0) is 23.6. The molecule has 33 heavy (non-hydrogen) atoms. The highest BCUT2D eigenvalue weighted by molar-refractivity contribution is 7.89. The van der Waals surface area contributed by atoms with Gasteiger partial charge in [-0.05, 0) is 49.1 Å². The minimum Gasteiger partial charge on any atom is -0.352 e. The monoisotopic (exact) mass is 487 g/mol. The van der Waals surface area contributed by atoms with Crippen LogP contribution in [-0.4, -0.2) is 67.8 Å². The number of anilines is 1. The predicted molar refractivity (Wildman–Crippen MR) is 126 cm³/mol. The highest BCUT2D eigenvalue weighted by atomic mass is 35.5. The molecule has 0 aliphatic carbocycles. The van der Waals surface area contributed by atoms with Crippen LogP contribution in [0.2, 0.25) is 5.02 Å². The van der Waals surface area contributed by atoms with Crippen molar-refractivity contribution in [1.82, 2.24) is 14.2 Å². The van der Waals surface area contributed by atoms with Crippen LogP contribution >= 0.6 is 11.6 Å². The molecule has 1 unspecified atom stereocenters. The quantitative estimate of drug-likeness (QED) is 0.657. The number of benzene rings is 1. The van der Waals surface area contributed by atoms with Gasteiger partial charge in [0, 0.05) is 51.0 Å². The van der Waals surface area contributed by atoms with Crippen molar-refractivity contribution in [1.29, 1.82) is 5.26 Å². The van der Waals surface area contributed by atoms with E-state index in [2.05, 4.69) is 11.1 Å². The summed E-state index contributed by atoms with van der Waals surface area (Å²) in [6.07, 6.45) is 3.45. The summed E-state index contributed by atoms with van der Waals surface area (Å²) in [4.78, 5) is 21.1. The van der Waals surface area contributed by atoms with E-state index in [0.29, 0.717) is 56.2 Å². The van der Waals surface area contributed by atoms with Crippen LogP contribution in [0.25, 0.3) is 0 Å². The van der Waals surface area contributed by atoms with Crippen LogP contribution in [0.3, 0.4) is 0 Å². The number of carbonyl (C=O) groups excluding carboxylic acids is 1. The third kappa shape index (κ3) is 4.83. The number of halogens is 1. The number of hydrogen-bond acceptors (Lipinski definition) is 6. The summed E-state index contributed by atoms with van der Waals surface area (Å²) in [5.41, 5.74) is 0.795. The summed E-state index contributed by atoms with van der Waals surface area (Å²) in [6.45, 7) is 4.89. The fourth-order valence-corrected chi connectivity index (χ4v) is 6.48. The Hall–Kier alpha value is -2.67. The minimum atomic E-state index is -3.78. The number of piperazine rings is 1. The molecule has 0 bridgehead atoms. The Morgan fingerprint density at radius 2 is 1.94 bits per heavy atom. The molecule has 0 radical (unpaired) electrons. The topological polar surface area (TPSA) is 97.6 Å². The van der Waals surface area contributed by atoms with Crippen molar-refractivity contribution in [3.05, 3.63) is 52.7 Å². The van der Waals surface area contributed by atoms with Crippen molar-refractivity contribution in [2.75, 3.05) is 44.2 Å². The summed E-state index contributed by atoms with van der Waals surface area (Å²) in [7, 11) is -3.78. The molecule has 1 aromatic heterocycles. The summed E-state index contributed by atoms with van der Waals surface area (Å²) in [5, 5.41) is 9.44. The summed E-state index contributed by atoms with van der Waals surface area (Å²) < 4.78 is 28.0. The lowest BCUT2D eigenvalue weighted by Gasteiger charge is -2.35. The van der Waals surface area contributed by atoms with E-state index in [1.807, 2.05) is 11.8 Å². The number of rotatable bonds is 4. The van der Waals surface area contributed by atoms with E-state index in [9.17, 15) is 18.5 Å². The van der Waals surface area contributed by atoms with Crippen LogP contribution in [0.5, 0.6) is 0 Å². The van der Waals surface area contributed by atoms with E-state index >= 15 is 0 Å². The maximum absolute atomic E-state index is 13.2. The largest absolute Gasteiger partial charge is 0.352 e. The second kappa shape index (κ2) is 9.67. The van der Waals surface area contributed by atoms with Gasteiger partial charge in [-0.15, -0.1) is 0 Å². The molecule has 2 aliphatic heterocycles. The maximum atomic E-state index is 13.2. The van der Waals surface area contributed by atoms with Gasteiger partial charge in [0.1, 0.15) is 16.8 Å². The van der Waals surface area contributed by atoms with Gasteiger partial charge in [-0.3, -0.25) is 4.79 Å². The molecule has 174 valence electrons. The number of sulfonamides is 1.